The maximum absolute atomic E-state index is 10.6. The largest absolute Gasteiger partial charge is 1.00 e. The molecule has 4 heteroatoms. The van der Waals surface area contributed by atoms with E-state index in [4.69, 9.17) is 0 Å². The van der Waals surface area contributed by atoms with Crippen LogP contribution >= 0.6 is 0 Å². The number of fused-ring (bicyclic) bond motifs is 2. The molecule has 3 aromatic rings. The Morgan fingerprint density at radius 2 is 1.45 bits per heavy atom. The predicted molar refractivity (Wildman–Crippen MR) is 73.3 cm³/mol. The summed E-state index contributed by atoms with van der Waals surface area (Å²) in [6.07, 6.45) is 2.62. The number of carbonyl (C=O) groups excluding carboxylic acids is 1. The third-order valence-corrected chi connectivity index (χ3v) is 3.02. The molecule has 1 aromatic heterocycles. The van der Waals surface area contributed by atoms with Crippen molar-refractivity contribution >= 4 is 33.9 Å². The summed E-state index contributed by atoms with van der Waals surface area (Å²) in [6.45, 7) is 0. The van der Waals surface area contributed by atoms with Crippen molar-refractivity contribution < 1.29 is 61.3 Å². The maximum atomic E-state index is 10.6. The van der Waals surface area contributed by atoms with Crippen molar-refractivity contribution in [1.29, 1.82) is 0 Å². The van der Waals surface area contributed by atoms with E-state index in [1.807, 2.05) is 48.5 Å². The van der Waals surface area contributed by atoms with Gasteiger partial charge in [0.15, 0.2) is 0 Å². The number of hydrogen-bond donors (Lipinski definition) is 0. The van der Waals surface area contributed by atoms with Gasteiger partial charge in [0.1, 0.15) is 0 Å². The van der Waals surface area contributed by atoms with Crippen molar-refractivity contribution in [3.63, 3.8) is 0 Å². The number of nitrogens with zero attached hydrogens (tertiary/aromatic N) is 1. The van der Waals surface area contributed by atoms with Gasteiger partial charge < -0.3 is 9.90 Å². The number of carbonyl (C=O) groups is 1. The van der Waals surface area contributed by atoms with Crippen molar-refractivity contribution in [2.45, 2.75) is 0 Å². The monoisotopic (exact) mass is 287 g/mol. The fourth-order valence-corrected chi connectivity index (χ4v) is 2.20. The van der Waals surface area contributed by atoms with Gasteiger partial charge in [-0.1, -0.05) is 42.5 Å². The normalized spacial score (nSPS) is 10.8. The molecular formula is C16H10KNO2. The molecule has 0 aliphatic carbocycles. The molecular weight excluding hydrogens is 277 g/mol. The fourth-order valence-electron chi connectivity index (χ4n) is 2.20. The summed E-state index contributed by atoms with van der Waals surface area (Å²) in [6, 6.07) is 15.3. The number of carboxylic acids is 1. The first-order valence-corrected chi connectivity index (χ1v) is 5.92. The summed E-state index contributed by atoms with van der Waals surface area (Å²) in [7, 11) is 0. The number of para-hydroxylation sites is 2. The molecule has 2 aromatic carbocycles. The molecule has 3 nitrogen and oxygen atoms in total. The second kappa shape index (κ2) is 6.61. The first-order valence-electron chi connectivity index (χ1n) is 5.92. The Morgan fingerprint density at radius 3 is 1.95 bits per heavy atom. The summed E-state index contributed by atoms with van der Waals surface area (Å²) in [5.74, 6) is -1.20. The van der Waals surface area contributed by atoms with Gasteiger partial charge in [0.25, 0.3) is 0 Å². The standard InChI is InChI=1S/C16H11NO2.K/c18-16(19)10-9-11-12-5-1-3-7-14(12)17-15-8-4-2-6-13(11)15;/h1-10H,(H,18,19);/q;+1/p-1. The maximum Gasteiger partial charge on any atom is 1.00 e. The quantitative estimate of drug-likeness (QED) is 0.351. The van der Waals surface area contributed by atoms with E-state index in [0.29, 0.717) is 0 Å². The van der Waals surface area contributed by atoms with Crippen LogP contribution in [0.3, 0.4) is 0 Å². The number of pyridine rings is 1. The summed E-state index contributed by atoms with van der Waals surface area (Å²) in [5, 5.41) is 12.5. The Balaban J connectivity index is 0.00000147. The van der Waals surface area contributed by atoms with Gasteiger partial charge >= 0.3 is 51.4 Å². The third-order valence-electron chi connectivity index (χ3n) is 3.02. The van der Waals surface area contributed by atoms with E-state index in [1.165, 1.54) is 0 Å². The van der Waals surface area contributed by atoms with E-state index < -0.39 is 5.97 Å². The van der Waals surface area contributed by atoms with E-state index in [2.05, 4.69) is 4.98 Å². The fraction of sp³-hybridized carbons (Fsp3) is 0. The topological polar surface area (TPSA) is 53.0 Å². The predicted octanol–water partition coefficient (Wildman–Crippen LogP) is -0.845. The minimum Gasteiger partial charge on any atom is -0.545 e. The van der Waals surface area contributed by atoms with Gasteiger partial charge in [0.05, 0.1) is 17.0 Å². The molecule has 0 saturated heterocycles. The number of aliphatic carboxylic acids is 1. The Kier molecular flexibility index (Phi) is 5.07. The number of rotatable bonds is 2. The molecule has 92 valence electrons. The van der Waals surface area contributed by atoms with Crippen LogP contribution in [0.4, 0.5) is 0 Å². The van der Waals surface area contributed by atoms with Gasteiger partial charge in [-0.15, -0.1) is 0 Å². The zero-order valence-electron chi connectivity index (χ0n) is 11.0. The first kappa shape index (κ1) is 15.3. The van der Waals surface area contributed by atoms with E-state index in [-0.39, 0.29) is 51.4 Å². The average Bonchev–Trinajstić information content (AvgIpc) is 2.43. The molecule has 0 aliphatic heterocycles. The van der Waals surface area contributed by atoms with E-state index >= 15 is 0 Å². The molecule has 3 rings (SSSR count). The minimum atomic E-state index is -1.20. The summed E-state index contributed by atoms with van der Waals surface area (Å²) >= 11 is 0. The Bertz CT molecular complexity index is 758. The van der Waals surface area contributed by atoms with Crippen molar-refractivity contribution in [3.8, 4) is 0 Å². The van der Waals surface area contributed by atoms with Crippen LogP contribution in [0.15, 0.2) is 54.6 Å². The van der Waals surface area contributed by atoms with Gasteiger partial charge in [-0.3, -0.25) is 0 Å². The van der Waals surface area contributed by atoms with Crippen LogP contribution in [-0.2, 0) is 4.79 Å². The third kappa shape index (κ3) is 3.00. The summed E-state index contributed by atoms with van der Waals surface area (Å²) in [4.78, 5) is 15.2. The van der Waals surface area contributed by atoms with Crippen molar-refractivity contribution in [2.75, 3.05) is 0 Å². The van der Waals surface area contributed by atoms with Crippen LogP contribution < -0.4 is 56.5 Å². The van der Waals surface area contributed by atoms with Crippen LogP contribution in [0.25, 0.3) is 27.9 Å². The number of benzene rings is 2. The molecule has 0 spiro atoms. The SMILES string of the molecule is O=C([O-])C=Cc1c2ccccc2nc2ccccc12.[K+]. The molecule has 0 atom stereocenters. The molecule has 0 bridgehead atoms. The first-order chi connectivity index (χ1) is 9.25. The molecule has 0 aliphatic rings. The zero-order valence-corrected chi connectivity index (χ0v) is 14.2. The average molecular weight is 287 g/mol. The molecule has 0 saturated carbocycles. The summed E-state index contributed by atoms with van der Waals surface area (Å²) in [5.41, 5.74) is 2.55. The van der Waals surface area contributed by atoms with Gasteiger partial charge in [-0.25, -0.2) is 4.98 Å². The van der Waals surface area contributed by atoms with Crippen LogP contribution in [-0.4, -0.2) is 11.0 Å². The van der Waals surface area contributed by atoms with Crippen LogP contribution in [0, 0.1) is 0 Å². The van der Waals surface area contributed by atoms with E-state index in [0.717, 1.165) is 33.4 Å². The van der Waals surface area contributed by atoms with Crippen LogP contribution in [0.5, 0.6) is 0 Å². The zero-order chi connectivity index (χ0) is 13.2. The van der Waals surface area contributed by atoms with E-state index in [1.54, 1.807) is 6.08 Å². The molecule has 0 N–H and O–H groups in total. The van der Waals surface area contributed by atoms with Crippen molar-refractivity contribution in [1.82, 2.24) is 4.98 Å². The van der Waals surface area contributed by atoms with Gasteiger partial charge in [0, 0.05) is 10.8 Å². The molecule has 0 amide bonds. The minimum absolute atomic E-state index is 0. The van der Waals surface area contributed by atoms with Crippen LogP contribution in [0.1, 0.15) is 5.56 Å². The summed E-state index contributed by atoms with van der Waals surface area (Å²) < 4.78 is 0. The number of carboxylic acid groups (broad SMARTS) is 1. The molecule has 0 radical (unpaired) electrons. The molecule has 0 fully saturated rings. The Labute approximate surface area is 158 Å². The van der Waals surface area contributed by atoms with Gasteiger partial charge in [-0.2, -0.15) is 0 Å². The second-order valence-electron chi connectivity index (χ2n) is 4.21. The van der Waals surface area contributed by atoms with Crippen LogP contribution in [0.2, 0.25) is 0 Å². The smallest absolute Gasteiger partial charge is 0.545 e. The Hall–Kier alpha value is -1.04. The molecule has 1 heterocycles. The van der Waals surface area contributed by atoms with Crippen molar-refractivity contribution in [3.05, 3.63) is 60.2 Å². The van der Waals surface area contributed by atoms with Gasteiger partial charge in [0.2, 0.25) is 0 Å². The number of aromatic nitrogens is 1. The number of hydrogen-bond acceptors (Lipinski definition) is 3. The molecule has 0 unspecified atom stereocenters. The molecule has 20 heavy (non-hydrogen) atoms. The van der Waals surface area contributed by atoms with E-state index in [9.17, 15) is 9.90 Å². The second-order valence-corrected chi connectivity index (χ2v) is 4.21. The van der Waals surface area contributed by atoms with Crippen molar-refractivity contribution in [2.24, 2.45) is 0 Å². The Morgan fingerprint density at radius 1 is 0.950 bits per heavy atom. The van der Waals surface area contributed by atoms with Gasteiger partial charge in [-0.05, 0) is 23.8 Å².